The van der Waals surface area contributed by atoms with Crippen LogP contribution < -0.4 is 0 Å². The van der Waals surface area contributed by atoms with Crippen molar-refractivity contribution in [2.24, 2.45) is 0 Å². The molecule has 0 atom stereocenters. The molecule has 0 heterocycles. The molecule has 0 unspecified atom stereocenters. The number of carboxylic acid groups (broad SMARTS) is 1. The lowest BCUT2D eigenvalue weighted by atomic mass is 10.2. The predicted octanol–water partition coefficient (Wildman–Crippen LogP) is 2.19. The van der Waals surface area contributed by atoms with Crippen LogP contribution in [0.1, 0.15) is 37.6 Å². The SMILES string of the molecule is CCCN(C(C)C)S(=O)(=O)c1cccc(C(=O)O)c1. The molecule has 0 fully saturated rings. The van der Waals surface area contributed by atoms with E-state index in [0.717, 1.165) is 0 Å². The summed E-state index contributed by atoms with van der Waals surface area (Å²) in [5.41, 5.74) is -0.0266. The molecule has 0 aliphatic rings. The summed E-state index contributed by atoms with van der Waals surface area (Å²) in [5, 5.41) is 8.92. The molecular formula is C13H19NO4S. The van der Waals surface area contributed by atoms with Crippen molar-refractivity contribution in [3.8, 4) is 0 Å². The first-order chi connectivity index (χ1) is 8.80. The molecule has 0 saturated carbocycles. The van der Waals surface area contributed by atoms with Gasteiger partial charge in [0.05, 0.1) is 10.5 Å². The number of benzene rings is 1. The zero-order valence-electron chi connectivity index (χ0n) is 11.3. The number of carboxylic acids is 1. The van der Waals surface area contributed by atoms with Crippen LogP contribution in [-0.4, -0.2) is 36.4 Å². The summed E-state index contributed by atoms with van der Waals surface area (Å²) in [6.07, 6.45) is 0.704. The summed E-state index contributed by atoms with van der Waals surface area (Å²) in [4.78, 5) is 10.9. The molecule has 0 spiro atoms. The summed E-state index contributed by atoms with van der Waals surface area (Å²) in [6.45, 7) is 5.92. The topological polar surface area (TPSA) is 74.7 Å². The summed E-state index contributed by atoms with van der Waals surface area (Å²) >= 11 is 0. The van der Waals surface area contributed by atoms with Crippen LogP contribution in [0, 0.1) is 0 Å². The fourth-order valence-electron chi connectivity index (χ4n) is 1.80. The second-order valence-electron chi connectivity index (χ2n) is 4.54. The highest BCUT2D eigenvalue weighted by Crippen LogP contribution is 2.19. The summed E-state index contributed by atoms with van der Waals surface area (Å²) < 4.78 is 26.3. The maximum atomic E-state index is 12.5. The molecule has 0 amide bonds. The van der Waals surface area contributed by atoms with Crippen molar-refractivity contribution in [1.82, 2.24) is 4.31 Å². The Labute approximate surface area is 113 Å². The number of hydrogen-bond acceptors (Lipinski definition) is 3. The number of carbonyl (C=O) groups is 1. The molecule has 1 N–H and O–H groups in total. The van der Waals surface area contributed by atoms with Crippen LogP contribution >= 0.6 is 0 Å². The lowest BCUT2D eigenvalue weighted by molar-refractivity contribution is 0.0696. The third kappa shape index (κ3) is 3.54. The summed E-state index contributed by atoms with van der Waals surface area (Å²) in [6, 6.07) is 5.27. The highest BCUT2D eigenvalue weighted by atomic mass is 32.2. The fraction of sp³-hybridized carbons (Fsp3) is 0.462. The molecule has 1 rings (SSSR count). The second kappa shape index (κ2) is 6.16. The lowest BCUT2D eigenvalue weighted by Crippen LogP contribution is -2.37. The lowest BCUT2D eigenvalue weighted by Gasteiger charge is -2.25. The minimum Gasteiger partial charge on any atom is -0.478 e. The first-order valence-electron chi connectivity index (χ1n) is 6.16. The molecule has 1 aromatic carbocycles. The maximum Gasteiger partial charge on any atom is 0.335 e. The van der Waals surface area contributed by atoms with Crippen LogP contribution in [-0.2, 0) is 10.0 Å². The van der Waals surface area contributed by atoms with Crippen molar-refractivity contribution in [3.63, 3.8) is 0 Å². The van der Waals surface area contributed by atoms with E-state index in [4.69, 9.17) is 5.11 Å². The number of nitrogens with zero attached hydrogens (tertiary/aromatic N) is 1. The van der Waals surface area contributed by atoms with Gasteiger partial charge in [0.25, 0.3) is 0 Å². The average Bonchev–Trinajstić information content (AvgIpc) is 2.35. The Morgan fingerprint density at radius 2 is 2.00 bits per heavy atom. The Morgan fingerprint density at radius 1 is 1.37 bits per heavy atom. The third-order valence-electron chi connectivity index (χ3n) is 2.71. The van der Waals surface area contributed by atoms with Crippen LogP contribution in [0.15, 0.2) is 29.2 Å². The molecular weight excluding hydrogens is 266 g/mol. The molecule has 0 saturated heterocycles. The number of hydrogen-bond donors (Lipinski definition) is 1. The van der Waals surface area contributed by atoms with Gasteiger partial charge in [-0.05, 0) is 38.5 Å². The van der Waals surface area contributed by atoms with Gasteiger partial charge in [0.15, 0.2) is 0 Å². The Hall–Kier alpha value is -1.40. The van der Waals surface area contributed by atoms with Crippen molar-refractivity contribution < 1.29 is 18.3 Å². The molecule has 6 heteroatoms. The van der Waals surface area contributed by atoms with E-state index < -0.39 is 16.0 Å². The number of aromatic carboxylic acids is 1. The maximum absolute atomic E-state index is 12.5. The fourth-order valence-corrected chi connectivity index (χ4v) is 3.58. The van der Waals surface area contributed by atoms with Crippen molar-refractivity contribution in [3.05, 3.63) is 29.8 Å². The molecule has 106 valence electrons. The van der Waals surface area contributed by atoms with Crippen LogP contribution in [0.4, 0.5) is 0 Å². The van der Waals surface area contributed by atoms with E-state index in [-0.39, 0.29) is 16.5 Å². The van der Waals surface area contributed by atoms with Crippen LogP contribution in [0.25, 0.3) is 0 Å². The molecule has 19 heavy (non-hydrogen) atoms. The van der Waals surface area contributed by atoms with Crippen molar-refractivity contribution in [1.29, 1.82) is 0 Å². The smallest absolute Gasteiger partial charge is 0.335 e. The van der Waals surface area contributed by atoms with Crippen molar-refractivity contribution in [2.45, 2.75) is 38.1 Å². The van der Waals surface area contributed by atoms with E-state index in [0.29, 0.717) is 13.0 Å². The highest BCUT2D eigenvalue weighted by Gasteiger charge is 2.26. The van der Waals surface area contributed by atoms with Gasteiger partial charge in [-0.15, -0.1) is 0 Å². The summed E-state index contributed by atoms with van der Waals surface area (Å²) in [5.74, 6) is -1.14. The molecule has 0 aliphatic carbocycles. The van der Waals surface area contributed by atoms with E-state index in [9.17, 15) is 13.2 Å². The zero-order valence-corrected chi connectivity index (χ0v) is 12.1. The van der Waals surface area contributed by atoms with Gasteiger partial charge in [0.1, 0.15) is 0 Å². The van der Waals surface area contributed by atoms with E-state index in [1.165, 1.54) is 28.6 Å². The average molecular weight is 285 g/mol. The predicted molar refractivity (Wildman–Crippen MR) is 72.7 cm³/mol. The first-order valence-corrected chi connectivity index (χ1v) is 7.60. The van der Waals surface area contributed by atoms with Crippen molar-refractivity contribution in [2.75, 3.05) is 6.54 Å². The van der Waals surface area contributed by atoms with Gasteiger partial charge in [-0.2, -0.15) is 4.31 Å². The van der Waals surface area contributed by atoms with Crippen LogP contribution in [0.5, 0.6) is 0 Å². The summed E-state index contributed by atoms with van der Waals surface area (Å²) in [7, 11) is -3.65. The second-order valence-corrected chi connectivity index (χ2v) is 6.43. The van der Waals surface area contributed by atoms with Gasteiger partial charge < -0.3 is 5.11 Å². The zero-order chi connectivity index (χ0) is 14.6. The quantitative estimate of drug-likeness (QED) is 0.869. The number of rotatable bonds is 6. The molecule has 5 nitrogen and oxygen atoms in total. The van der Waals surface area contributed by atoms with E-state index in [1.807, 2.05) is 6.92 Å². The van der Waals surface area contributed by atoms with E-state index >= 15 is 0 Å². The first kappa shape index (κ1) is 15.7. The monoisotopic (exact) mass is 285 g/mol. The normalized spacial score (nSPS) is 12.1. The molecule has 0 aromatic heterocycles. The Kier molecular flexibility index (Phi) is 5.08. The van der Waals surface area contributed by atoms with Gasteiger partial charge >= 0.3 is 5.97 Å². The molecule has 0 aliphatic heterocycles. The minimum absolute atomic E-state index is 0.0227. The third-order valence-corrected chi connectivity index (χ3v) is 4.78. The van der Waals surface area contributed by atoms with Crippen LogP contribution in [0.2, 0.25) is 0 Å². The van der Waals surface area contributed by atoms with E-state index in [1.54, 1.807) is 13.8 Å². The van der Waals surface area contributed by atoms with Gasteiger partial charge in [-0.25, -0.2) is 13.2 Å². The molecule has 0 bridgehead atoms. The molecule has 0 radical (unpaired) electrons. The Morgan fingerprint density at radius 3 is 2.47 bits per heavy atom. The van der Waals surface area contributed by atoms with Crippen molar-refractivity contribution >= 4 is 16.0 Å². The van der Waals surface area contributed by atoms with Gasteiger partial charge in [0, 0.05) is 12.6 Å². The van der Waals surface area contributed by atoms with E-state index in [2.05, 4.69) is 0 Å². The Bertz CT molecular complexity index is 552. The number of sulfonamides is 1. The standard InChI is InChI=1S/C13H19NO4S/c1-4-8-14(10(2)3)19(17,18)12-7-5-6-11(9-12)13(15)16/h5-7,9-10H,4,8H2,1-3H3,(H,15,16). The Balaban J connectivity index is 3.25. The van der Waals surface area contributed by atoms with Gasteiger partial charge in [0.2, 0.25) is 10.0 Å². The van der Waals surface area contributed by atoms with Gasteiger partial charge in [-0.3, -0.25) is 0 Å². The minimum atomic E-state index is -3.65. The van der Waals surface area contributed by atoms with Gasteiger partial charge in [-0.1, -0.05) is 13.0 Å². The molecule has 1 aromatic rings. The highest BCUT2D eigenvalue weighted by molar-refractivity contribution is 7.89. The largest absolute Gasteiger partial charge is 0.478 e. The van der Waals surface area contributed by atoms with Crippen LogP contribution in [0.3, 0.4) is 0 Å².